The number of aliphatic imine (C=N–C) groups is 1. The molecule has 2 aliphatic heterocycles. The van der Waals surface area contributed by atoms with Crippen molar-refractivity contribution in [3.63, 3.8) is 0 Å². The van der Waals surface area contributed by atoms with Gasteiger partial charge in [0.15, 0.2) is 0 Å². The molecule has 1 atom stereocenters. The number of rotatable bonds is 0. The van der Waals surface area contributed by atoms with Gasteiger partial charge in [-0.15, -0.1) is 0 Å². The number of nitrogens with zero attached hydrogens (tertiary/aromatic N) is 1. The summed E-state index contributed by atoms with van der Waals surface area (Å²) in [6, 6.07) is 0.344. The Morgan fingerprint density at radius 3 is 3.00 bits per heavy atom. The smallest absolute Gasteiger partial charge is 0.282 e. The van der Waals surface area contributed by atoms with Crippen LogP contribution < -0.4 is 5.73 Å². The van der Waals surface area contributed by atoms with Crippen LogP contribution in [-0.2, 0) is 9.47 Å². The lowest BCUT2D eigenvalue weighted by molar-refractivity contribution is 0.136. The fourth-order valence-electron chi connectivity index (χ4n) is 1.76. The van der Waals surface area contributed by atoms with Crippen molar-refractivity contribution < 1.29 is 9.47 Å². The molecule has 2 N–H and O–H groups in total. The molecule has 0 aromatic heterocycles. The number of nitrogens with two attached hydrogens (primary N) is 1. The summed E-state index contributed by atoms with van der Waals surface area (Å²) in [4.78, 5) is 4.33. The first-order valence-corrected chi connectivity index (χ1v) is 4.37. The van der Waals surface area contributed by atoms with Gasteiger partial charge in [-0.25, -0.2) is 4.99 Å². The molecule has 12 heavy (non-hydrogen) atoms. The maximum atomic E-state index is 5.48. The lowest BCUT2D eigenvalue weighted by atomic mass is 9.93. The fourth-order valence-corrected chi connectivity index (χ4v) is 1.76. The van der Waals surface area contributed by atoms with Gasteiger partial charge in [0.05, 0.1) is 0 Å². The minimum Gasteiger partial charge on any atom is -0.463 e. The third-order valence-electron chi connectivity index (χ3n) is 2.48. The molecule has 0 aromatic rings. The summed E-state index contributed by atoms with van der Waals surface area (Å²) in [6.45, 7) is 2.26. The zero-order valence-corrected chi connectivity index (χ0v) is 7.08. The highest BCUT2D eigenvalue weighted by molar-refractivity contribution is 5.73. The van der Waals surface area contributed by atoms with Gasteiger partial charge in [0.25, 0.3) is 6.02 Å². The molecule has 1 unspecified atom stereocenters. The van der Waals surface area contributed by atoms with E-state index in [2.05, 4.69) is 4.99 Å². The molecule has 0 radical (unpaired) electrons. The van der Waals surface area contributed by atoms with Crippen LogP contribution in [-0.4, -0.2) is 31.4 Å². The van der Waals surface area contributed by atoms with Crippen LogP contribution in [0.5, 0.6) is 0 Å². The summed E-state index contributed by atoms with van der Waals surface area (Å²) in [5, 5.41) is 0. The van der Waals surface area contributed by atoms with E-state index in [-0.39, 0.29) is 5.54 Å². The Morgan fingerprint density at radius 2 is 2.25 bits per heavy atom. The Hall–Kier alpha value is -0.770. The van der Waals surface area contributed by atoms with E-state index in [4.69, 9.17) is 15.2 Å². The van der Waals surface area contributed by atoms with Gasteiger partial charge in [-0.3, -0.25) is 0 Å². The standard InChI is InChI=1S/C8H14N2O2/c9-7-10-8(6-12-7)2-1-4-11-5-3-8/h1-6H2,(H2,9,10). The first-order chi connectivity index (χ1) is 5.81. The Labute approximate surface area is 71.7 Å². The normalized spacial score (nSPS) is 35.8. The molecule has 2 aliphatic rings. The van der Waals surface area contributed by atoms with Crippen LogP contribution in [0.1, 0.15) is 19.3 Å². The third kappa shape index (κ3) is 1.39. The number of amidine groups is 1. The zero-order valence-electron chi connectivity index (χ0n) is 7.08. The van der Waals surface area contributed by atoms with Crippen LogP contribution in [0.2, 0.25) is 0 Å². The Balaban J connectivity index is 2.08. The average Bonchev–Trinajstić information content (AvgIpc) is 2.30. The van der Waals surface area contributed by atoms with Crippen molar-refractivity contribution >= 4 is 6.02 Å². The molecule has 2 rings (SSSR count). The predicted molar refractivity (Wildman–Crippen MR) is 45.0 cm³/mol. The molecule has 4 heteroatoms. The Kier molecular flexibility index (Phi) is 1.92. The van der Waals surface area contributed by atoms with E-state index in [1.165, 1.54) is 0 Å². The first-order valence-electron chi connectivity index (χ1n) is 4.37. The topological polar surface area (TPSA) is 56.8 Å². The molecule has 68 valence electrons. The maximum absolute atomic E-state index is 5.48. The predicted octanol–water partition coefficient (Wildman–Crippen LogP) is 0.271. The second kappa shape index (κ2) is 2.94. The maximum Gasteiger partial charge on any atom is 0.282 e. The molecule has 1 fully saturated rings. The second-order valence-corrected chi connectivity index (χ2v) is 3.43. The Bertz CT molecular complexity index is 195. The number of ether oxygens (including phenoxy) is 2. The van der Waals surface area contributed by atoms with E-state index in [9.17, 15) is 0 Å². The van der Waals surface area contributed by atoms with Gasteiger partial charge < -0.3 is 15.2 Å². The SMILES string of the molecule is NC1=NC2(CCCOCC2)CO1. The van der Waals surface area contributed by atoms with E-state index in [1.807, 2.05) is 0 Å². The first kappa shape index (κ1) is 7.86. The van der Waals surface area contributed by atoms with E-state index >= 15 is 0 Å². The van der Waals surface area contributed by atoms with E-state index in [1.54, 1.807) is 0 Å². The van der Waals surface area contributed by atoms with Gasteiger partial charge in [0.2, 0.25) is 0 Å². The van der Waals surface area contributed by atoms with Gasteiger partial charge >= 0.3 is 0 Å². The lowest BCUT2D eigenvalue weighted by Gasteiger charge is -2.19. The molecule has 1 saturated heterocycles. The van der Waals surface area contributed by atoms with Crippen molar-refractivity contribution in [3.8, 4) is 0 Å². The highest BCUT2D eigenvalue weighted by Gasteiger charge is 2.36. The molecular formula is C8H14N2O2. The number of hydrogen-bond donors (Lipinski definition) is 1. The molecule has 4 nitrogen and oxygen atoms in total. The molecule has 0 saturated carbocycles. The number of hydrogen-bond acceptors (Lipinski definition) is 4. The minimum atomic E-state index is -0.0550. The summed E-state index contributed by atoms with van der Waals surface area (Å²) < 4.78 is 10.5. The molecule has 1 spiro atoms. The van der Waals surface area contributed by atoms with Crippen molar-refractivity contribution in [3.05, 3.63) is 0 Å². The lowest BCUT2D eigenvalue weighted by Crippen LogP contribution is -2.28. The van der Waals surface area contributed by atoms with Crippen molar-refractivity contribution in [1.82, 2.24) is 0 Å². The van der Waals surface area contributed by atoms with Crippen molar-refractivity contribution in [2.24, 2.45) is 10.7 Å². The molecule has 0 amide bonds. The molecule has 0 bridgehead atoms. The van der Waals surface area contributed by atoms with E-state index in [0.717, 1.165) is 32.5 Å². The van der Waals surface area contributed by atoms with Gasteiger partial charge in [-0.2, -0.15) is 0 Å². The van der Waals surface area contributed by atoms with Gasteiger partial charge in [-0.1, -0.05) is 0 Å². The molecule has 2 heterocycles. The van der Waals surface area contributed by atoms with Crippen LogP contribution in [0, 0.1) is 0 Å². The van der Waals surface area contributed by atoms with E-state index in [0.29, 0.717) is 12.6 Å². The zero-order chi connectivity index (χ0) is 8.44. The summed E-state index contributed by atoms with van der Waals surface area (Å²) in [6.07, 6.45) is 3.03. The summed E-state index contributed by atoms with van der Waals surface area (Å²) in [7, 11) is 0. The minimum absolute atomic E-state index is 0.0550. The van der Waals surface area contributed by atoms with Crippen molar-refractivity contribution in [2.75, 3.05) is 19.8 Å². The fraction of sp³-hybridized carbons (Fsp3) is 0.875. The summed E-state index contributed by atoms with van der Waals surface area (Å²) in [5.41, 5.74) is 5.42. The molecule has 0 aromatic carbocycles. The van der Waals surface area contributed by atoms with Crippen LogP contribution in [0.15, 0.2) is 4.99 Å². The monoisotopic (exact) mass is 170 g/mol. The molecular weight excluding hydrogens is 156 g/mol. The highest BCUT2D eigenvalue weighted by Crippen LogP contribution is 2.29. The van der Waals surface area contributed by atoms with Gasteiger partial charge in [-0.05, 0) is 19.3 Å². The third-order valence-corrected chi connectivity index (χ3v) is 2.48. The van der Waals surface area contributed by atoms with Crippen LogP contribution >= 0.6 is 0 Å². The van der Waals surface area contributed by atoms with Gasteiger partial charge in [0.1, 0.15) is 12.1 Å². The van der Waals surface area contributed by atoms with E-state index < -0.39 is 0 Å². The molecule has 0 aliphatic carbocycles. The van der Waals surface area contributed by atoms with Crippen molar-refractivity contribution in [2.45, 2.75) is 24.8 Å². The second-order valence-electron chi connectivity index (χ2n) is 3.43. The summed E-state index contributed by atoms with van der Waals surface area (Å²) >= 11 is 0. The quantitative estimate of drug-likeness (QED) is 0.567. The largest absolute Gasteiger partial charge is 0.463 e. The van der Waals surface area contributed by atoms with Gasteiger partial charge in [0, 0.05) is 13.2 Å². The van der Waals surface area contributed by atoms with Crippen molar-refractivity contribution in [1.29, 1.82) is 0 Å². The highest BCUT2D eigenvalue weighted by atomic mass is 16.5. The van der Waals surface area contributed by atoms with Crippen LogP contribution in [0.3, 0.4) is 0 Å². The summed E-state index contributed by atoms with van der Waals surface area (Å²) in [5.74, 6) is 0. The average molecular weight is 170 g/mol. The van der Waals surface area contributed by atoms with Crippen LogP contribution in [0.4, 0.5) is 0 Å². The van der Waals surface area contributed by atoms with Crippen LogP contribution in [0.25, 0.3) is 0 Å². The Morgan fingerprint density at radius 1 is 1.33 bits per heavy atom.